The maximum atomic E-state index is 12.1. The molecule has 0 spiro atoms. The molecule has 1 atom stereocenters. The van der Waals surface area contributed by atoms with Crippen molar-refractivity contribution >= 4 is 51.9 Å². The number of carbonyl (C=O) groups excluding carboxylic acids is 1. The molecule has 3 aromatic rings. The van der Waals surface area contributed by atoms with Crippen molar-refractivity contribution in [3.8, 4) is 11.5 Å². The molecular weight excluding hydrogens is 379 g/mol. The number of carboxylic acids is 1. The first kappa shape index (κ1) is 16.9. The van der Waals surface area contributed by atoms with Gasteiger partial charge in [0.2, 0.25) is 11.8 Å². The molecule has 2 aromatic carbocycles. The van der Waals surface area contributed by atoms with Gasteiger partial charge >= 0.3 is 5.97 Å². The molecule has 0 bridgehead atoms. The molecular formula is C18H12Cl2N2O4. The molecule has 26 heavy (non-hydrogen) atoms. The van der Waals surface area contributed by atoms with Crippen LogP contribution in [0, 0.1) is 5.92 Å². The molecule has 1 fully saturated rings. The summed E-state index contributed by atoms with van der Waals surface area (Å²) in [6.07, 6.45) is -0.00680. The van der Waals surface area contributed by atoms with E-state index in [4.69, 9.17) is 32.7 Å². The molecule has 1 aromatic heterocycles. The number of carbonyl (C=O) groups is 2. The van der Waals surface area contributed by atoms with Crippen LogP contribution in [0.15, 0.2) is 40.8 Å². The highest BCUT2D eigenvalue weighted by molar-refractivity contribution is 6.43. The van der Waals surface area contributed by atoms with E-state index < -0.39 is 11.9 Å². The van der Waals surface area contributed by atoms with Gasteiger partial charge in [-0.05, 0) is 24.3 Å². The second-order valence-corrected chi connectivity index (χ2v) is 6.80. The van der Waals surface area contributed by atoms with Crippen molar-refractivity contribution in [2.24, 2.45) is 5.92 Å². The molecule has 1 saturated heterocycles. The fourth-order valence-corrected chi connectivity index (χ4v) is 3.37. The van der Waals surface area contributed by atoms with E-state index in [-0.39, 0.29) is 18.9 Å². The van der Waals surface area contributed by atoms with Gasteiger partial charge in [-0.3, -0.25) is 9.59 Å². The number of fused-ring (bicyclic) bond motifs is 1. The van der Waals surface area contributed by atoms with Crippen molar-refractivity contribution in [1.29, 1.82) is 0 Å². The van der Waals surface area contributed by atoms with Gasteiger partial charge in [0.25, 0.3) is 0 Å². The van der Waals surface area contributed by atoms with Crippen LogP contribution in [-0.2, 0) is 9.59 Å². The van der Waals surface area contributed by atoms with E-state index in [9.17, 15) is 9.59 Å². The third kappa shape index (κ3) is 2.81. The van der Waals surface area contributed by atoms with Crippen molar-refractivity contribution in [3.05, 3.63) is 46.4 Å². The molecule has 1 amide bonds. The molecule has 0 radical (unpaired) electrons. The van der Waals surface area contributed by atoms with Crippen LogP contribution in [0.1, 0.15) is 6.42 Å². The average Bonchev–Trinajstić information content (AvgIpc) is 3.20. The second kappa shape index (κ2) is 6.30. The first-order valence-corrected chi connectivity index (χ1v) is 8.58. The van der Waals surface area contributed by atoms with E-state index in [2.05, 4.69) is 4.98 Å². The summed E-state index contributed by atoms with van der Waals surface area (Å²) in [6, 6.07) is 10.3. The molecule has 2 heterocycles. The standard InChI is InChI=1S/C18H12Cl2N2O4/c19-12-3-1-2-11(16(12)20)17-21-13-5-4-10(7-14(13)26-17)22-8-9(18(24)25)6-15(22)23/h1-5,7,9H,6,8H2,(H,24,25)/t9-/m1/s1. The molecule has 132 valence electrons. The quantitative estimate of drug-likeness (QED) is 0.722. The average molecular weight is 391 g/mol. The predicted octanol–water partition coefficient (Wildman–Crippen LogP) is 4.24. The monoisotopic (exact) mass is 390 g/mol. The summed E-state index contributed by atoms with van der Waals surface area (Å²) >= 11 is 12.3. The van der Waals surface area contributed by atoms with Crippen LogP contribution in [-0.4, -0.2) is 28.5 Å². The number of oxazole rings is 1. The number of aliphatic carboxylic acids is 1. The lowest BCUT2D eigenvalue weighted by Gasteiger charge is -2.15. The summed E-state index contributed by atoms with van der Waals surface area (Å²) in [7, 11) is 0. The third-order valence-electron chi connectivity index (χ3n) is 4.34. The number of hydrogen-bond acceptors (Lipinski definition) is 4. The zero-order valence-corrected chi connectivity index (χ0v) is 14.8. The Balaban J connectivity index is 1.72. The lowest BCUT2D eigenvalue weighted by atomic mass is 10.1. The van der Waals surface area contributed by atoms with Gasteiger partial charge in [0.05, 0.1) is 21.5 Å². The van der Waals surface area contributed by atoms with E-state index in [1.807, 2.05) is 0 Å². The fraction of sp³-hybridized carbons (Fsp3) is 0.167. The lowest BCUT2D eigenvalue weighted by Crippen LogP contribution is -2.25. The molecule has 0 unspecified atom stereocenters. The smallest absolute Gasteiger partial charge is 0.308 e. The number of amides is 1. The molecule has 6 nitrogen and oxygen atoms in total. The SMILES string of the molecule is O=C(O)[C@@H]1CC(=O)N(c2ccc3nc(-c4cccc(Cl)c4Cl)oc3c2)C1. The zero-order valence-electron chi connectivity index (χ0n) is 13.3. The number of carboxylic acid groups (broad SMARTS) is 1. The molecule has 1 aliphatic rings. The summed E-state index contributed by atoms with van der Waals surface area (Å²) in [6.45, 7) is 0.140. The van der Waals surface area contributed by atoms with E-state index in [1.165, 1.54) is 4.90 Å². The third-order valence-corrected chi connectivity index (χ3v) is 5.16. The van der Waals surface area contributed by atoms with Gasteiger partial charge in [-0.1, -0.05) is 29.3 Å². The van der Waals surface area contributed by atoms with Gasteiger partial charge < -0.3 is 14.4 Å². The highest BCUT2D eigenvalue weighted by atomic mass is 35.5. The summed E-state index contributed by atoms with van der Waals surface area (Å²) in [4.78, 5) is 29.1. The van der Waals surface area contributed by atoms with Gasteiger partial charge in [-0.25, -0.2) is 4.98 Å². The van der Waals surface area contributed by atoms with Crippen LogP contribution in [0.5, 0.6) is 0 Å². The molecule has 4 rings (SSSR count). The summed E-state index contributed by atoms with van der Waals surface area (Å²) in [5.41, 5.74) is 2.22. The van der Waals surface area contributed by atoms with Crippen molar-refractivity contribution in [3.63, 3.8) is 0 Å². The Labute approximate surface area is 157 Å². The van der Waals surface area contributed by atoms with Gasteiger partial charge in [-0.2, -0.15) is 0 Å². The van der Waals surface area contributed by atoms with Crippen molar-refractivity contribution in [2.75, 3.05) is 11.4 Å². The lowest BCUT2D eigenvalue weighted by molar-refractivity contribution is -0.141. The highest BCUT2D eigenvalue weighted by Crippen LogP contribution is 2.35. The number of nitrogens with zero attached hydrogens (tertiary/aromatic N) is 2. The predicted molar refractivity (Wildman–Crippen MR) is 97.6 cm³/mol. The summed E-state index contributed by atoms with van der Waals surface area (Å²) < 4.78 is 5.79. The molecule has 8 heteroatoms. The van der Waals surface area contributed by atoms with Gasteiger partial charge in [0, 0.05) is 24.7 Å². The minimum absolute atomic E-state index is 0.00680. The zero-order chi connectivity index (χ0) is 18.4. The van der Waals surface area contributed by atoms with Gasteiger partial charge in [0.1, 0.15) is 5.52 Å². The maximum absolute atomic E-state index is 12.1. The molecule has 1 N–H and O–H groups in total. The largest absolute Gasteiger partial charge is 0.481 e. The first-order chi connectivity index (χ1) is 12.4. The number of rotatable bonds is 3. The number of benzene rings is 2. The molecule has 0 aliphatic carbocycles. The summed E-state index contributed by atoms with van der Waals surface area (Å²) in [5, 5.41) is 9.86. The van der Waals surface area contributed by atoms with Crippen LogP contribution in [0.3, 0.4) is 0 Å². The number of halogens is 2. The Kier molecular flexibility index (Phi) is 4.09. The fourth-order valence-electron chi connectivity index (χ4n) is 2.99. The minimum atomic E-state index is -0.973. The molecule has 0 saturated carbocycles. The Morgan fingerprint density at radius 1 is 1.27 bits per heavy atom. The van der Waals surface area contributed by atoms with Gasteiger partial charge in [0.15, 0.2) is 5.58 Å². The normalized spacial score (nSPS) is 17.2. The number of aromatic nitrogens is 1. The first-order valence-electron chi connectivity index (χ1n) is 7.82. The van der Waals surface area contributed by atoms with Crippen LogP contribution in [0.2, 0.25) is 10.0 Å². The van der Waals surface area contributed by atoms with Crippen molar-refractivity contribution < 1.29 is 19.1 Å². The molecule has 1 aliphatic heterocycles. The Hall–Kier alpha value is -2.57. The van der Waals surface area contributed by atoms with E-state index in [0.717, 1.165) is 0 Å². The van der Waals surface area contributed by atoms with Crippen LogP contribution in [0.25, 0.3) is 22.6 Å². The summed E-state index contributed by atoms with van der Waals surface area (Å²) in [5.74, 6) is -1.58. The van der Waals surface area contributed by atoms with Crippen LogP contribution < -0.4 is 4.90 Å². The highest BCUT2D eigenvalue weighted by Gasteiger charge is 2.35. The second-order valence-electron chi connectivity index (χ2n) is 6.02. The number of hydrogen-bond donors (Lipinski definition) is 1. The minimum Gasteiger partial charge on any atom is -0.481 e. The van der Waals surface area contributed by atoms with Crippen LogP contribution in [0.4, 0.5) is 5.69 Å². The Bertz CT molecular complexity index is 1050. The number of anilines is 1. The van der Waals surface area contributed by atoms with E-state index >= 15 is 0 Å². The van der Waals surface area contributed by atoms with E-state index in [1.54, 1.807) is 36.4 Å². The van der Waals surface area contributed by atoms with E-state index in [0.29, 0.717) is 38.3 Å². The Morgan fingerprint density at radius 3 is 2.81 bits per heavy atom. The van der Waals surface area contributed by atoms with Crippen molar-refractivity contribution in [1.82, 2.24) is 4.98 Å². The Morgan fingerprint density at radius 2 is 2.08 bits per heavy atom. The topological polar surface area (TPSA) is 83.6 Å². The maximum Gasteiger partial charge on any atom is 0.308 e. The van der Waals surface area contributed by atoms with Gasteiger partial charge in [-0.15, -0.1) is 0 Å². The van der Waals surface area contributed by atoms with Crippen LogP contribution >= 0.6 is 23.2 Å². The van der Waals surface area contributed by atoms with Crippen molar-refractivity contribution in [2.45, 2.75) is 6.42 Å².